The van der Waals surface area contributed by atoms with Crippen LogP contribution in [-0.2, 0) is 24.4 Å². The molecule has 46 heavy (non-hydrogen) atoms. The third-order valence-electron chi connectivity index (χ3n) is 7.43. The molecule has 0 bridgehead atoms. The van der Waals surface area contributed by atoms with E-state index in [0.717, 1.165) is 49.6 Å². The van der Waals surface area contributed by atoms with Crippen molar-refractivity contribution in [2.45, 2.75) is 70.8 Å². The van der Waals surface area contributed by atoms with E-state index in [1.807, 2.05) is 49.5 Å². The predicted octanol–water partition coefficient (Wildman–Crippen LogP) is 4.34. The van der Waals surface area contributed by atoms with Gasteiger partial charge in [0.1, 0.15) is 12.4 Å². The molecular formula is C37H40N3NaO4S. The van der Waals surface area contributed by atoms with Crippen molar-refractivity contribution < 1.29 is 48.9 Å². The van der Waals surface area contributed by atoms with Crippen molar-refractivity contribution in [3.05, 3.63) is 102 Å². The summed E-state index contributed by atoms with van der Waals surface area (Å²) in [5, 5.41) is 13.3. The molecule has 0 unspecified atom stereocenters. The van der Waals surface area contributed by atoms with Gasteiger partial charge in [-0.3, -0.25) is 4.98 Å². The summed E-state index contributed by atoms with van der Waals surface area (Å²) >= 11 is 1.75. The Morgan fingerprint density at radius 2 is 1.65 bits per heavy atom. The third kappa shape index (κ3) is 8.73. The average Bonchev–Trinajstić information content (AvgIpc) is 3.26. The van der Waals surface area contributed by atoms with Crippen molar-refractivity contribution in [1.82, 2.24) is 14.5 Å². The monoisotopic (exact) mass is 645 g/mol. The fourth-order valence-electron chi connectivity index (χ4n) is 5.12. The number of pyridine rings is 2. The molecule has 0 radical (unpaired) electrons. The maximum atomic E-state index is 12.2. The number of carbonyl (C=O) groups is 1. The molecule has 234 valence electrons. The van der Waals surface area contributed by atoms with E-state index < -0.39 is 11.4 Å². The van der Waals surface area contributed by atoms with Crippen LogP contribution in [0.2, 0.25) is 0 Å². The summed E-state index contributed by atoms with van der Waals surface area (Å²) in [5.74, 6) is 0.275. The van der Waals surface area contributed by atoms with E-state index in [0.29, 0.717) is 32.1 Å². The molecule has 7 nitrogen and oxygen atoms in total. The van der Waals surface area contributed by atoms with Crippen LogP contribution in [0.1, 0.15) is 58.5 Å². The minimum absolute atomic E-state index is 0. The minimum Gasteiger partial charge on any atom is -0.550 e. The van der Waals surface area contributed by atoms with Gasteiger partial charge in [0.15, 0.2) is 0 Å². The van der Waals surface area contributed by atoms with Gasteiger partial charge >= 0.3 is 29.6 Å². The average molecular weight is 646 g/mol. The first-order valence-electron chi connectivity index (χ1n) is 15.2. The number of rotatable bonds is 12. The molecule has 3 aromatic heterocycles. The first-order chi connectivity index (χ1) is 21.4. The van der Waals surface area contributed by atoms with Gasteiger partial charge in [0.05, 0.1) is 12.3 Å². The summed E-state index contributed by atoms with van der Waals surface area (Å²) in [6, 6.07) is 24.2. The molecule has 0 spiro atoms. The van der Waals surface area contributed by atoms with Gasteiger partial charge in [-0.05, 0) is 60.9 Å². The second kappa shape index (κ2) is 15.1. The van der Waals surface area contributed by atoms with Crippen LogP contribution in [0.4, 0.5) is 0 Å². The Morgan fingerprint density at radius 3 is 2.26 bits per heavy atom. The van der Waals surface area contributed by atoms with Gasteiger partial charge in [-0.1, -0.05) is 65.0 Å². The Bertz CT molecular complexity index is 1760. The second-order valence-electron chi connectivity index (χ2n) is 12.7. The summed E-state index contributed by atoms with van der Waals surface area (Å²) in [6.45, 7) is 13.4. The number of ether oxygens (including phenoxy) is 2. The number of hydrogen-bond acceptors (Lipinski definition) is 7. The molecular weight excluding hydrogens is 605 g/mol. The van der Waals surface area contributed by atoms with Crippen LogP contribution < -0.4 is 44.1 Å². The van der Waals surface area contributed by atoms with Gasteiger partial charge < -0.3 is 23.9 Å². The van der Waals surface area contributed by atoms with Crippen molar-refractivity contribution in [3.63, 3.8) is 0 Å². The van der Waals surface area contributed by atoms with E-state index in [9.17, 15) is 9.90 Å². The van der Waals surface area contributed by atoms with E-state index in [-0.39, 0.29) is 34.3 Å². The molecule has 0 fully saturated rings. The number of aromatic nitrogens is 3. The number of fused-ring (bicyclic) bond motifs is 1. The van der Waals surface area contributed by atoms with Crippen LogP contribution in [-0.4, -0.2) is 31.9 Å². The molecule has 2 aromatic carbocycles. The smallest absolute Gasteiger partial charge is 0.550 e. The molecule has 3 heterocycles. The van der Waals surface area contributed by atoms with E-state index >= 15 is 0 Å². The Kier molecular flexibility index (Phi) is 11.6. The van der Waals surface area contributed by atoms with E-state index in [1.165, 1.54) is 0 Å². The number of carboxylic acids is 1. The molecule has 9 heteroatoms. The third-order valence-corrected chi connectivity index (χ3v) is 8.70. The topological polar surface area (TPSA) is 89.3 Å². The molecule has 0 saturated heterocycles. The van der Waals surface area contributed by atoms with Gasteiger partial charge in [-0.25, -0.2) is 4.98 Å². The zero-order valence-electron chi connectivity index (χ0n) is 27.8. The summed E-state index contributed by atoms with van der Waals surface area (Å²) in [6.07, 6.45) is 3.90. The van der Waals surface area contributed by atoms with Gasteiger partial charge in [0.25, 0.3) is 0 Å². The standard InChI is InChI=1S/C37H41N3O4S.Na/c1-7-43-33-18-15-27(22-39-33)26-13-11-25(12-14-26)23-40-31-17-16-29(44-24-28-10-8-9-19-38-28)20-30(31)34(45-36(2,3)4)32(40)21-37(5,6)35(41)42;/h8-20,22H,7,21,23-24H2,1-6H3,(H,41,42);/q;+1/p-1. The molecule has 0 aliphatic heterocycles. The first-order valence-corrected chi connectivity index (χ1v) is 16.0. The van der Waals surface area contributed by atoms with Crippen molar-refractivity contribution in [3.8, 4) is 22.8 Å². The molecule has 0 amide bonds. The van der Waals surface area contributed by atoms with Crippen molar-refractivity contribution in [2.24, 2.45) is 5.41 Å². The number of hydrogen-bond donors (Lipinski definition) is 0. The van der Waals surface area contributed by atoms with Crippen molar-refractivity contribution in [1.29, 1.82) is 0 Å². The van der Waals surface area contributed by atoms with Crippen LogP contribution in [0, 0.1) is 5.41 Å². The second-order valence-corrected chi connectivity index (χ2v) is 14.6. The number of carboxylic acid groups (broad SMARTS) is 1. The maximum absolute atomic E-state index is 12.2. The van der Waals surface area contributed by atoms with Crippen LogP contribution >= 0.6 is 11.8 Å². The fourth-order valence-corrected chi connectivity index (χ4v) is 6.31. The molecule has 5 aromatic rings. The first kappa shape index (κ1) is 35.6. The number of thioether (sulfide) groups is 1. The van der Waals surface area contributed by atoms with E-state index in [4.69, 9.17) is 9.47 Å². The Balaban J connectivity index is 0.00000480. The largest absolute Gasteiger partial charge is 1.00 e. The molecule has 0 N–H and O–H groups in total. The van der Waals surface area contributed by atoms with Crippen LogP contribution in [0.15, 0.2) is 90.1 Å². The van der Waals surface area contributed by atoms with Crippen molar-refractivity contribution in [2.75, 3.05) is 6.61 Å². The fraction of sp³-hybridized carbons (Fsp3) is 0.324. The summed E-state index contributed by atoms with van der Waals surface area (Å²) in [5.41, 5.74) is 4.95. The molecule has 0 saturated carbocycles. The Hall–Kier alpha value is -3.30. The molecule has 0 atom stereocenters. The predicted molar refractivity (Wildman–Crippen MR) is 179 cm³/mol. The maximum Gasteiger partial charge on any atom is 1.00 e. The van der Waals surface area contributed by atoms with E-state index in [2.05, 4.69) is 71.7 Å². The quantitative estimate of drug-likeness (QED) is 0.147. The minimum atomic E-state index is -1.07. The molecule has 0 aliphatic rings. The Morgan fingerprint density at radius 1 is 0.913 bits per heavy atom. The summed E-state index contributed by atoms with van der Waals surface area (Å²) in [4.78, 5) is 22.1. The van der Waals surface area contributed by atoms with Crippen LogP contribution in [0.5, 0.6) is 11.6 Å². The molecule has 0 aliphatic carbocycles. The van der Waals surface area contributed by atoms with Crippen molar-refractivity contribution >= 4 is 28.6 Å². The van der Waals surface area contributed by atoms with Gasteiger partial charge in [-0.15, -0.1) is 11.8 Å². The number of nitrogens with zero attached hydrogens (tertiary/aromatic N) is 3. The van der Waals surface area contributed by atoms with Crippen LogP contribution in [0.3, 0.4) is 0 Å². The van der Waals surface area contributed by atoms with Crippen LogP contribution in [0.25, 0.3) is 22.0 Å². The van der Waals surface area contributed by atoms with E-state index in [1.54, 1.807) is 31.8 Å². The molecule has 5 rings (SSSR count). The summed E-state index contributed by atoms with van der Waals surface area (Å²) in [7, 11) is 0. The normalized spacial score (nSPS) is 11.7. The SMILES string of the molecule is CCOc1ccc(-c2ccc(Cn3c(CC(C)(C)C(=O)[O-])c(SC(C)(C)C)c4cc(OCc5ccccn5)ccc43)cc2)cn1.[Na+]. The summed E-state index contributed by atoms with van der Waals surface area (Å²) < 4.78 is 13.8. The Labute approximate surface area is 298 Å². The van der Waals surface area contributed by atoms with Gasteiger partial charge in [-0.2, -0.15) is 0 Å². The van der Waals surface area contributed by atoms with Gasteiger partial charge in [0.2, 0.25) is 5.88 Å². The number of benzene rings is 2. The number of carbonyl (C=O) groups excluding carboxylic acids is 1. The number of aliphatic carboxylic acids is 1. The zero-order valence-corrected chi connectivity index (χ0v) is 30.6. The zero-order chi connectivity index (χ0) is 32.2. The van der Waals surface area contributed by atoms with Gasteiger partial charge in [0, 0.05) is 68.2 Å².